The van der Waals surface area contributed by atoms with Crippen molar-refractivity contribution < 1.29 is 32.3 Å². The Hall–Kier alpha value is -5.39. The molecule has 1 aliphatic rings. The van der Waals surface area contributed by atoms with E-state index in [0.29, 0.717) is 19.2 Å². The quantitative estimate of drug-likeness (QED) is 0.0912. The average Bonchev–Trinajstić information content (AvgIpc) is 3.05. The highest BCUT2D eigenvalue weighted by atomic mass is 19.2. The molecule has 12 heteroatoms. The molecule has 8 nitrogen and oxygen atoms in total. The molecule has 0 saturated carbocycles. The van der Waals surface area contributed by atoms with Crippen LogP contribution in [0.5, 0.6) is 0 Å². The van der Waals surface area contributed by atoms with Crippen LogP contribution in [0.15, 0.2) is 83.8 Å². The zero-order valence-corrected chi connectivity index (χ0v) is 25.7. The number of amides is 1. The first-order valence-electron chi connectivity index (χ1n) is 14.8. The lowest BCUT2D eigenvalue weighted by Crippen LogP contribution is -2.50. The van der Waals surface area contributed by atoms with Crippen LogP contribution >= 0.6 is 0 Å². The Bertz CT molecular complexity index is 1880. The summed E-state index contributed by atoms with van der Waals surface area (Å²) in [4.78, 5) is 44.9. The lowest BCUT2D eigenvalue weighted by atomic mass is 10.0. The molecule has 1 aliphatic heterocycles. The number of aromatic nitrogens is 1. The van der Waals surface area contributed by atoms with Crippen molar-refractivity contribution in [2.24, 2.45) is 0 Å². The molecular weight excluding hydrogens is 616 g/mol. The summed E-state index contributed by atoms with van der Waals surface area (Å²) in [5, 5.41) is 10.9. The molecule has 0 spiro atoms. The second kappa shape index (κ2) is 13.9. The first-order chi connectivity index (χ1) is 22.4. The second-order valence-corrected chi connectivity index (χ2v) is 11.4. The van der Waals surface area contributed by atoms with Crippen molar-refractivity contribution in [1.82, 2.24) is 9.47 Å². The summed E-state index contributed by atoms with van der Waals surface area (Å²) in [6.07, 6.45) is 1.76. The Morgan fingerprint density at radius 2 is 1.49 bits per heavy atom. The number of carbonyl (C=O) groups excluding carboxylic acids is 2. The van der Waals surface area contributed by atoms with Crippen LogP contribution in [0.2, 0.25) is 0 Å². The number of ketones is 1. The van der Waals surface area contributed by atoms with Gasteiger partial charge < -0.3 is 24.4 Å². The topological polar surface area (TPSA) is 86.1 Å². The lowest BCUT2D eigenvalue weighted by molar-refractivity contribution is -0.142. The third-order valence-corrected chi connectivity index (χ3v) is 7.95. The van der Waals surface area contributed by atoms with Gasteiger partial charge in [0.15, 0.2) is 17.5 Å². The largest absolute Gasteiger partial charge is 0.507 e. The van der Waals surface area contributed by atoms with E-state index in [1.165, 1.54) is 35.4 Å². The van der Waals surface area contributed by atoms with Crippen LogP contribution in [0.4, 0.5) is 28.9 Å². The minimum atomic E-state index is -1.64. The van der Waals surface area contributed by atoms with Gasteiger partial charge in [0.05, 0.1) is 12.1 Å². The highest BCUT2D eigenvalue weighted by molar-refractivity contribution is 6.41. The summed E-state index contributed by atoms with van der Waals surface area (Å²) in [5.74, 6) is -7.78. The third-order valence-electron chi connectivity index (χ3n) is 7.95. The van der Waals surface area contributed by atoms with Crippen LogP contribution in [0, 0.1) is 23.3 Å². The van der Waals surface area contributed by atoms with Crippen LogP contribution < -0.4 is 15.4 Å². The fraction of sp³-hybridized carbons (Fsp3) is 0.229. The average molecular weight is 649 g/mol. The first-order valence-corrected chi connectivity index (χ1v) is 14.8. The molecule has 0 atom stereocenters. The summed E-state index contributed by atoms with van der Waals surface area (Å²) >= 11 is 0. The number of aliphatic hydroxyl groups is 1. The molecule has 1 aromatic heterocycles. The number of hydrogen-bond donors (Lipinski definition) is 1. The minimum Gasteiger partial charge on any atom is -0.507 e. The molecule has 0 unspecified atom stereocenters. The predicted octanol–water partition coefficient (Wildman–Crippen LogP) is 4.93. The number of pyridine rings is 1. The van der Waals surface area contributed by atoms with Gasteiger partial charge in [-0.25, -0.2) is 17.6 Å². The zero-order valence-electron chi connectivity index (χ0n) is 25.7. The number of piperazine rings is 1. The van der Waals surface area contributed by atoms with E-state index in [0.717, 1.165) is 28.1 Å². The summed E-state index contributed by atoms with van der Waals surface area (Å²) in [6, 6.07) is 16.4. The Labute approximate surface area is 268 Å². The van der Waals surface area contributed by atoms with Crippen molar-refractivity contribution in [3.8, 4) is 0 Å². The number of rotatable bonds is 9. The number of halogens is 4. The SMILES string of the molecule is CN(C)c1ccc(N2CCN(C(=O)C(=O)C=C(O)c3cc(Cc4cc(F)c(F)c(F)c4)cn(Cc4ccccc4F)c3=O)CC2)cc1. The molecule has 3 aromatic carbocycles. The molecule has 1 saturated heterocycles. The van der Waals surface area contributed by atoms with Gasteiger partial charge in [0.1, 0.15) is 11.6 Å². The molecule has 47 heavy (non-hydrogen) atoms. The Morgan fingerprint density at radius 1 is 0.851 bits per heavy atom. The summed E-state index contributed by atoms with van der Waals surface area (Å²) in [7, 11) is 3.89. The maximum absolute atomic E-state index is 14.5. The Morgan fingerprint density at radius 3 is 2.11 bits per heavy atom. The van der Waals surface area contributed by atoms with Gasteiger partial charge in [0.2, 0.25) is 5.78 Å². The van der Waals surface area contributed by atoms with E-state index in [2.05, 4.69) is 4.90 Å². The van der Waals surface area contributed by atoms with E-state index in [-0.39, 0.29) is 42.7 Å². The number of benzene rings is 3. The van der Waals surface area contributed by atoms with Crippen LogP contribution in [-0.2, 0) is 22.6 Å². The van der Waals surface area contributed by atoms with E-state index in [4.69, 9.17) is 0 Å². The van der Waals surface area contributed by atoms with Crippen molar-refractivity contribution in [2.45, 2.75) is 13.0 Å². The van der Waals surface area contributed by atoms with Gasteiger partial charge in [0.25, 0.3) is 11.5 Å². The third kappa shape index (κ3) is 7.54. The van der Waals surface area contributed by atoms with Gasteiger partial charge >= 0.3 is 0 Å². The Kier molecular flexibility index (Phi) is 9.78. The van der Waals surface area contributed by atoms with Gasteiger partial charge in [-0.05, 0) is 66.1 Å². The molecule has 1 fully saturated rings. The van der Waals surface area contributed by atoms with E-state index in [1.807, 2.05) is 43.3 Å². The van der Waals surface area contributed by atoms with Crippen LogP contribution in [-0.4, -0.2) is 66.5 Å². The van der Waals surface area contributed by atoms with Crippen molar-refractivity contribution in [2.75, 3.05) is 50.1 Å². The molecule has 0 bridgehead atoms. The van der Waals surface area contributed by atoms with Gasteiger partial charge in [0, 0.05) is 69.5 Å². The summed E-state index contributed by atoms with van der Waals surface area (Å²) in [6.45, 7) is 1.18. The molecule has 1 N–H and O–H groups in total. The fourth-order valence-electron chi connectivity index (χ4n) is 5.40. The molecule has 5 rings (SSSR count). The predicted molar refractivity (Wildman–Crippen MR) is 171 cm³/mol. The van der Waals surface area contributed by atoms with Gasteiger partial charge in [-0.15, -0.1) is 0 Å². The fourth-order valence-corrected chi connectivity index (χ4v) is 5.40. The summed E-state index contributed by atoms with van der Waals surface area (Å²) < 4.78 is 56.9. The minimum absolute atomic E-state index is 0.0194. The van der Waals surface area contributed by atoms with E-state index in [9.17, 15) is 37.1 Å². The van der Waals surface area contributed by atoms with Crippen LogP contribution in [0.25, 0.3) is 5.76 Å². The van der Waals surface area contributed by atoms with Gasteiger partial charge in [-0.2, -0.15) is 0 Å². The maximum atomic E-state index is 14.5. The van der Waals surface area contributed by atoms with Crippen LogP contribution in [0.3, 0.4) is 0 Å². The van der Waals surface area contributed by atoms with Crippen molar-refractivity contribution in [1.29, 1.82) is 0 Å². The first kappa shape index (κ1) is 33.0. The molecule has 4 aromatic rings. The molecule has 2 heterocycles. The second-order valence-electron chi connectivity index (χ2n) is 11.4. The molecular formula is C35H32F4N4O4. The Balaban J connectivity index is 1.37. The summed E-state index contributed by atoms with van der Waals surface area (Å²) in [5.41, 5.74) is 1.21. The lowest BCUT2D eigenvalue weighted by Gasteiger charge is -2.35. The van der Waals surface area contributed by atoms with E-state index in [1.54, 1.807) is 6.07 Å². The van der Waals surface area contributed by atoms with Crippen molar-refractivity contribution in [3.05, 3.63) is 135 Å². The number of carbonyl (C=O) groups is 2. The molecule has 1 amide bonds. The van der Waals surface area contributed by atoms with Crippen LogP contribution in [0.1, 0.15) is 22.3 Å². The van der Waals surface area contributed by atoms with Gasteiger partial charge in [-0.1, -0.05) is 18.2 Å². The highest BCUT2D eigenvalue weighted by Gasteiger charge is 2.26. The molecule has 0 aliphatic carbocycles. The smallest absolute Gasteiger partial charge is 0.294 e. The molecule has 244 valence electrons. The van der Waals surface area contributed by atoms with Gasteiger partial charge in [-0.3, -0.25) is 14.4 Å². The van der Waals surface area contributed by atoms with E-state index >= 15 is 0 Å². The monoisotopic (exact) mass is 648 g/mol. The zero-order chi connectivity index (χ0) is 33.8. The number of aliphatic hydroxyl groups excluding tert-OH is 1. The normalized spacial score (nSPS) is 13.5. The number of nitrogens with zero attached hydrogens (tertiary/aromatic N) is 4. The number of hydrogen-bond acceptors (Lipinski definition) is 6. The highest BCUT2D eigenvalue weighted by Crippen LogP contribution is 2.22. The molecule has 0 radical (unpaired) electrons. The van der Waals surface area contributed by atoms with Crippen molar-refractivity contribution >= 4 is 28.8 Å². The number of anilines is 2. The van der Waals surface area contributed by atoms with E-state index < -0.39 is 51.8 Å². The van der Waals surface area contributed by atoms with Crippen molar-refractivity contribution in [3.63, 3.8) is 0 Å². The standard InChI is InChI=1S/C35H32F4N4O4/c1-40(2)25-7-9-26(10-8-25)41-11-13-42(14-12-41)35(47)32(45)19-31(44)27-16-23(15-22-17-29(37)33(39)30(38)18-22)20-43(34(27)46)21-24-5-3-4-6-28(24)36/h3-10,16-20,44H,11-15,21H2,1-2H3. The maximum Gasteiger partial charge on any atom is 0.294 e.